The molecule has 3 aromatic carbocycles. The van der Waals surface area contributed by atoms with E-state index in [1.165, 1.54) is 0 Å². The average molecular weight is 532 g/mol. The Morgan fingerprint density at radius 3 is 2.16 bits per heavy atom. The summed E-state index contributed by atoms with van der Waals surface area (Å²) in [5, 5.41) is 18.6. The van der Waals surface area contributed by atoms with Crippen molar-refractivity contribution in [1.29, 1.82) is 0 Å². The number of hydrogen-bond acceptors (Lipinski definition) is 4. The summed E-state index contributed by atoms with van der Waals surface area (Å²) < 4.78 is 55.1. The molecule has 3 rings (SSSR count). The topological polar surface area (TPSA) is 90.5 Å². The maximum atomic E-state index is 13.8. The van der Waals surface area contributed by atoms with Crippen molar-refractivity contribution in [2.75, 3.05) is 13.1 Å². The number of amides is 2. The summed E-state index contributed by atoms with van der Waals surface area (Å²) in [5.41, 5.74) is 1.51. The molecule has 4 N–H and O–H groups in total. The number of benzene rings is 3. The van der Waals surface area contributed by atoms with E-state index in [-0.39, 0.29) is 18.5 Å². The molecule has 6 nitrogen and oxygen atoms in total. The molecule has 0 saturated heterocycles. The van der Waals surface area contributed by atoms with Crippen molar-refractivity contribution < 1.29 is 32.3 Å². The van der Waals surface area contributed by atoms with Gasteiger partial charge in [0.05, 0.1) is 18.7 Å². The van der Waals surface area contributed by atoms with Crippen LogP contribution in [0.1, 0.15) is 34.0 Å². The van der Waals surface area contributed by atoms with Gasteiger partial charge in [0.2, 0.25) is 5.91 Å². The number of aliphatic hydroxyl groups is 1. The normalized spacial score (nSPS) is 12.6. The average Bonchev–Trinajstić information content (AvgIpc) is 2.86. The van der Waals surface area contributed by atoms with Crippen molar-refractivity contribution in [1.82, 2.24) is 16.0 Å². The SMILES string of the molecule is CCc1cccc(CNCC(O)C(Cc2cc(F)cc(F)c2)NC(=O)CNC(=O)c2c(F)cccc2F)c1. The molecule has 0 aliphatic carbocycles. The Morgan fingerprint density at radius 2 is 1.50 bits per heavy atom. The summed E-state index contributed by atoms with van der Waals surface area (Å²) in [6.45, 7) is 1.86. The van der Waals surface area contributed by atoms with E-state index in [1.54, 1.807) is 0 Å². The predicted molar refractivity (Wildman–Crippen MR) is 134 cm³/mol. The molecule has 10 heteroatoms. The summed E-state index contributed by atoms with van der Waals surface area (Å²) in [6.07, 6.45) is -0.432. The molecule has 202 valence electrons. The molecule has 0 saturated carbocycles. The van der Waals surface area contributed by atoms with Crippen LogP contribution in [0.5, 0.6) is 0 Å². The summed E-state index contributed by atoms with van der Waals surface area (Å²) in [5.74, 6) is -5.69. The highest BCUT2D eigenvalue weighted by molar-refractivity contribution is 5.96. The second-order valence-electron chi connectivity index (χ2n) is 8.81. The highest BCUT2D eigenvalue weighted by Crippen LogP contribution is 2.13. The lowest BCUT2D eigenvalue weighted by molar-refractivity contribution is -0.121. The quantitative estimate of drug-likeness (QED) is 0.270. The van der Waals surface area contributed by atoms with Gasteiger partial charge in [0.1, 0.15) is 28.8 Å². The number of rotatable bonds is 12. The Balaban J connectivity index is 1.65. The van der Waals surface area contributed by atoms with Crippen LogP contribution in [0, 0.1) is 23.3 Å². The summed E-state index contributed by atoms with van der Waals surface area (Å²) in [6, 6.07) is 12.7. The highest BCUT2D eigenvalue weighted by atomic mass is 19.1. The first-order valence-electron chi connectivity index (χ1n) is 12.1. The van der Waals surface area contributed by atoms with E-state index in [0.717, 1.165) is 47.9 Å². The van der Waals surface area contributed by atoms with Crippen molar-refractivity contribution in [3.63, 3.8) is 0 Å². The van der Waals surface area contributed by atoms with Gasteiger partial charge < -0.3 is 21.1 Å². The first kappa shape index (κ1) is 28.8. The fourth-order valence-corrected chi connectivity index (χ4v) is 3.95. The van der Waals surface area contributed by atoms with E-state index >= 15 is 0 Å². The van der Waals surface area contributed by atoms with E-state index in [0.29, 0.717) is 12.6 Å². The molecule has 38 heavy (non-hydrogen) atoms. The van der Waals surface area contributed by atoms with E-state index < -0.39 is 59.3 Å². The zero-order valence-electron chi connectivity index (χ0n) is 20.7. The molecule has 0 bridgehead atoms. The lowest BCUT2D eigenvalue weighted by Gasteiger charge is -2.25. The smallest absolute Gasteiger partial charge is 0.257 e. The number of carbonyl (C=O) groups excluding carboxylic acids is 2. The van der Waals surface area contributed by atoms with Crippen LogP contribution >= 0.6 is 0 Å². The first-order valence-corrected chi connectivity index (χ1v) is 12.1. The van der Waals surface area contributed by atoms with Gasteiger partial charge in [-0.25, -0.2) is 17.6 Å². The van der Waals surface area contributed by atoms with Crippen LogP contribution in [-0.4, -0.2) is 42.2 Å². The highest BCUT2D eigenvalue weighted by Gasteiger charge is 2.23. The van der Waals surface area contributed by atoms with Gasteiger partial charge >= 0.3 is 0 Å². The Kier molecular flexibility index (Phi) is 10.4. The van der Waals surface area contributed by atoms with E-state index in [1.807, 2.05) is 31.2 Å². The van der Waals surface area contributed by atoms with Gasteiger partial charge in [-0.3, -0.25) is 9.59 Å². The largest absolute Gasteiger partial charge is 0.390 e. The molecule has 2 amide bonds. The number of halogens is 4. The fraction of sp³-hybridized carbons (Fsp3) is 0.286. The fourth-order valence-electron chi connectivity index (χ4n) is 3.95. The summed E-state index contributed by atoms with van der Waals surface area (Å²) in [4.78, 5) is 24.7. The Labute approximate surface area is 218 Å². The third kappa shape index (κ3) is 8.39. The second-order valence-corrected chi connectivity index (χ2v) is 8.81. The van der Waals surface area contributed by atoms with Gasteiger partial charge in [0.25, 0.3) is 5.91 Å². The molecular formula is C28H29F4N3O3. The monoisotopic (exact) mass is 531 g/mol. The van der Waals surface area contributed by atoms with Crippen LogP contribution in [-0.2, 0) is 24.2 Å². The minimum atomic E-state index is -1.18. The molecule has 0 aliphatic rings. The van der Waals surface area contributed by atoms with E-state index in [9.17, 15) is 32.3 Å². The van der Waals surface area contributed by atoms with Gasteiger partial charge in [-0.05, 0) is 53.8 Å². The zero-order valence-corrected chi connectivity index (χ0v) is 20.7. The number of hydrogen-bond donors (Lipinski definition) is 4. The number of carbonyl (C=O) groups is 2. The standard InChI is InChI=1S/C28H29F4N3O3/c1-2-17-5-3-6-18(9-17)14-33-15-25(36)24(12-19-10-20(29)13-21(30)11-19)35-26(37)16-34-28(38)27-22(31)7-4-8-23(27)32/h3-11,13,24-25,33,36H,2,12,14-16H2,1H3,(H,34,38)(H,35,37). The van der Waals surface area contributed by atoms with Crippen LogP contribution in [0.15, 0.2) is 60.7 Å². The molecule has 2 atom stereocenters. The van der Waals surface area contributed by atoms with Crippen molar-refractivity contribution in [3.8, 4) is 0 Å². The van der Waals surface area contributed by atoms with E-state index in [2.05, 4.69) is 16.0 Å². The van der Waals surface area contributed by atoms with E-state index in [4.69, 9.17) is 0 Å². The minimum Gasteiger partial charge on any atom is -0.390 e. The summed E-state index contributed by atoms with van der Waals surface area (Å²) in [7, 11) is 0. The lowest BCUT2D eigenvalue weighted by Crippen LogP contribution is -2.51. The summed E-state index contributed by atoms with van der Waals surface area (Å²) >= 11 is 0. The molecule has 0 fully saturated rings. The molecule has 0 spiro atoms. The predicted octanol–water partition coefficient (Wildman–Crippen LogP) is 3.41. The number of aryl methyl sites for hydroxylation is 1. The molecule has 0 aromatic heterocycles. The van der Waals surface area contributed by atoms with Crippen LogP contribution in [0.2, 0.25) is 0 Å². The van der Waals surface area contributed by atoms with Crippen LogP contribution < -0.4 is 16.0 Å². The molecule has 0 radical (unpaired) electrons. The maximum Gasteiger partial charge on any atom is 0.257 e. The van der Waals surface area contributed by atoms with Crippen molar-refractivity contribution in [2.45, 2.75) is 38.5 Å². The van der Waals surface area contributed by atoms with Crippen LogP contribution in [0.3, 0.4) is 0 Å². The molecule has 3 aromatic rings. The van der Waals surface area contributed by atoms with Gasteiger partial charge in [0.15, 0.2) is 0 Å². The Bertz CT molecular complexity index is 1230. The first-order chi connectivity index (χ1) is 18.2. The molecule has 2 unspecified atom stereocenters. The molecular weight excluding hydrogens is 502 g/mol. The van der Waals surface area contributed by atoms with Gasteiger partial charge in [-0.15, -0.1) is 0 Å². The van der Waals surface area contributed by atoms with Gasteiger partial charge in [0, 0.05) is 19.2 Å². The zero-order chi connectivity index (χ0) is 27.7. The molecule has 0 heterocycles. The molecule has 0 aliphatic heterocycles. The van der Waals surface area contributed by atoms with Crippen molar-refractivity contribution in [3.05, 3.63) is 106 Å². The van der Waals surface area contributed by atoms with Gasteiger partial charge in [-0.2, -0.15) is 0 Å². The van der Waals surface area contributed by atoms with Crippen LogP contribution in [0.4, 0.5) is 17.6 Å². The van der Waals surface area contributed by atoms with Crippen LogP contribution in [0.25, 0.3) is 0 Å². The number of nitrogens with one attached hydrogen (secondary N) is 3. The third-order valence-corrected chi connectivity index (χ3v) is 5.87. The van der Waals surface area contributed by atoms with Gasteiger partial charge in [-0.1, -0.05) is 37.3 Å². The van der Waals surface area contributed by atoms with Crippen molar-refractivity contribution >= 4 is 11.8 Å². The Hall–Kier alpha value is -3.76. The number of aliphatic hydroxyl groups excluding tert-OH is 1. The minimum absolute atomic E-state index is 0.0336. The second kappa shape index (κ2) is 13.7. The lowest BCUT2D eigenvalue weighted by atomic mass is 10.0. The maximum absolute atomic E-state index is 13.8. The third-order valence-electron chi connectivity index (χ3n) is 5.87. The Morgan fingerprint density at radius 1 is 0.868 bits per heavy atom. The van der Waals surface area contributed by atoms with Crippen molar-refractivity contribution in [2.24, 2.45) is 0 Å².